The van der Waals surface area contributed by atoms with Crippen LogP contribution in [0.3, 0.4) is 0 Å². The van der Waals surface area contributed by atoms with E-state index in [-0.39, 0.29) is 11.8 Å². The maximum atomic E-state index is 12.7. The molecule has 0 atom stereocenters. The Labute approximate surface area is 135 Å². The van der Waals surface area contributed by atoms with Gasteiger partial charge in [-0.05, 0) is 44.5 Å². The summed E-state index contributed by atoms with van der Waals surface area (Å²) in [7, 11) is 1.63. The van der Waals surface area contributed by atoms with Crippen molar-refractivity contribution in [3.63, 3.8) is 0 Å². The van der Waals surface area contributed by atoms with Gasteiger partial charge < -0.3 is 14.9 Å². The summed E-state index contributed by atoms with van der Waals surface area (Å²) < 4.78 is 0. The second kappa shape index (κ2) is 5.87. The van der Waals surface area contributed by atoms with Crippen LogP contribution in [0.1, 0.15) is 26.3 Å². The van der Waals surface area contributed by atoms with Gasteiger partial charge in [-0.25, -0.2) is 4.79 Å². The van der Waals surface area contributed by atoms with Crippen LogP contribution < -0.4 is 9.80 Å². The van der Waals surface area contributed by atoms with Gasteiger partial charge in [0.15, 0.2) is 0 Å². The van der Waals surface area contributed by atoms with Crippen molar-refractivity contribution in [2.75, 3.05) is 23.4 Å². The fourth-order valence-electron chi connectivity index (χ4n) is 2.69. The van der Waals surface area contributed by atoms with Gasteiger partial charge in [0, 0.05) is 19.7 Å². The first-order valence-electron chi connectivity index (χ1n) is 7.35. The topological polar surface area (TPSA) is 77.9 Å². The number of nitrogens with zero attached hydrogens (tertiary/aromatic N) is 2. The van der Waals surface area contributed by atoms with Gasteiger partial charge in [-0.1, -0.05) is 6.07 Å². The normalized spacial score (nSPS) is 17.4. The number of carbonyl (C=O) groups is 3. The predicted molar refractivity (Wildman–Crippen MR) is 88.3 cm³/mol. The molecule has 0 fully saturated rings. The Kier molecular flexibility index (Phi) is 4.27. The molecular weight excluding hydrogens is 296 g/mol. The average Bonchev–Trinajstić information content (AvgIpc) is 2.56. The van der Waals surface area contributed by atoms with Gasteiger partial charge in [0.2, 0.25) is 11.8 Å². The summed E-state index contributed by atoms with van der Waals surface area (Å²) in [6.45, 7) is 5.54. The molecule has 2 rings (SSSR count). The van der Waals surface area contributed by atoms with Crippen molar-refractivity contribution in [1.82, 2.24) is 0 Å². The highest BCUT2D eigenvalue weighted by Gasteiger charge is 2.44. The first-order valence-corrected chi connectivity index (χ1v) is 7.35. The lowest BCUT2D eigenvalue weighted by molar-refractivity contribution is -0.137. The molecule has 0 saturated heterocycles. The van der Waals surface area contributed by atoms with Crippen molar-refractivity contribution in [3.05, 3.63) is 29.8 Å². The van der Waals surface area contributed by atoms with Gasteiger partial charge in [0.25, 0.3) is 0 Å². The number of carboxylic acids is 1. The molecule has 1 aliphatic heterocycles. The van der Waals surface area contributed by atoms with Gasteiger partial charge in [0.1, 0.15) is 5.41 Å². The van der Waals surface area contributed by atoms with Crippen molar-refractivity contribution in [3.8, 4) is 0 Å². The molecule has 2 amide bonds. The third-order valence-electron chi connectivity index (χ3n) is 4.01. The fourth-order valence-corrected chi connectivity index (χ4v) is 2.69. The first kappa shape index (κ1) is 16.7. The minimum absolute atomic E-state index is 0.246. The number of benzene rings is 1. The zero-order valence-electron chi connectivity index (χ0n) is 13.7. The molecule has 0 bridgehead atoms. The molecule has 1 aliphatic rings. The maximum absolute atomic E-state index is 12.7. The molecule has 1 heterocycles. The second-order valence-electron chi connectivity index (χ2n) is 5.96. The predicted octanol–water partition coefficient (Wildman–Crippen LogP) is 2.14. The van der Waals surface area contributed by atoms with Crippen molar-refractivity contribution >= 4 is 35.2 Å². The van der Waals surface area contributed by atoms with Crippen molar-refractivity contribution in [1.29, 1.82) is 0 Å². The standard InChI is InChI=1S/C17H20N2O4/c1-5-19-12-8-6-11(7-9-14(20)21)10-13(12)18(4)15(22)17(2,3)16(19)23/h6-10H,5H2,1-4H3,(H,20,21). The van der Waals surface area contributed by atoms with E-state index in [1.54, 1.807) is 44.0 Å². The van der Waals surface area contributed by atoms with Crippen LogP contribution in [0.4, 0.5) is 11.4 Å². The van der Waals surface area contributed by atoms with Crippen LogP contribution in [0.25, 0.3) is 6.08 Å². The van der Waals surface area contributed by atoms with Crippen molar-refractivity contribution < 1.29 is 19.5 Å². The molecule has 1 N–H and O–H groups in total. The summed E-state index contributed by atoms with van der Waals surface area (Å²) in [4.78, 5) is 39.0. The molecule has 1 aromatic carbocycles. The second-order valence-corrected chi connectivity index (χ2v) is 5.96. The Bertz CT molecular complexity index is 707. The van der Waals surface area contributed by atoms with Crippen LogP contribution in [0.2, 0.25) is 0 Å². The molecule has 0 aliphatic carbocycles. The van der Waals surface area contributed by atoms with Crippen LogP contribution in [-0.4, -0.2) is 36.5 Å². The molecule has 1 aromatic rings. The lowest BCUT2D eigenvalue weighted by atomic mass is 9.90. The molecule has 23 heavy (non-hydrogen) atoms. The third-order valence-corrected chi connectivity index (χ3v) is 4.01. The Balaban J connectivity index is 2.62. The number of amides is 2. The van der Waals surface area contributed by atoms with Gasteiger partial charge in [-0.3, -0.25) is 9.59 Å². The van der Waals surface area contributed by atoms with Crippen LogP contribution >= 0.6 is 0 Å². The number of fused-ring (bicyclic) bond motifs is 1. The van der Waals surface area contributed by atoms with E-state index in [0.29, 0.717) is 23.5 Å². The van der Waals surface area contributed by atoms with E-state index in [1.165, 1.54) is 11.0 Å². The van der Waals surface area contributed by atoms with Crippen LogP contribution in [-0.2, 0) is 14.4 Å². The Morgan fingerprint density at radius 2 is 1.87 bits per heavy atom. The van der Waals surface area contributed by atoms with E-state index in [4.69, 9.17) is 5.11 Å². The fraction of sp³-hybridized carbons (Fsp3) is 0.353. The Morgan fingerprint density at radius 3 is 2.43 bits per heavy atom. The zero-order chi connectivity index (χ0) is 17.4. The number of anilines is 2. The molecule has 122 valence electrons. The summed E-state index contributed by atoms with van der Waals surface area (Å²) in [5.41, 5.74) is 0.727. The molecule has 6 nitrogen and oxygen atoms in total. The van der Waals surface area contributed by atoms with Crippen LogP contribution in [0.5, 0.6) is 0 Å². The zero-order valence-corrected chi connectivity index (χ0v) is 13.7. The molecule has 0 unspecified atom stereocenters. The number of carboxylic acid groups (broad SMARTS) is 1. The monoisotopic (exact) mass is 316 g/mol. The summed E-state index contributed by atoms with van der Waals surface area (Å²) in [5, 5.41) is 8.73. The highest BCUT2D eigenvalue weighted by molar-refractivity contribution is 6.20. The Morgan fingerprint density at radius 1 is 1.22 bits per heavy atom. The maximum Gasteiger partial charge on any atom is 0.328 e. The number of rotatable bonds is 3. The van der Waals surface area contributed by atoms with E-state index in [0.717, 1.165) is 6.08 Å². The molecule has 0 radical (unpaired) electrons. The van der Waals surface area contributed by atoms with Gasteiger partial charge in [-0.15, -0.1) is 0 Å². The minimum atomic E-state index is -1.15. The van der Waals surface area contributed by atoms with Gasteiger partial charge >= 0.3 is 5.97 Å². The van der Waals surface area contributed by atoms with E-state index in [9.17, 15) is 14.4 Å². The quantitative estimate of drug-likeness (QED) is 0.684. The van der Waals surface area contributed by atoms with Crippen LogP contribution in [0.15, 0.2) is 24.3 Å². The third kappa shape index (κ3) is 2.84. The molecule has 0 saturated carbocycles. The van der Waals surface area contributed by atoms with E-state index in [1.807, 2.05) is 6.92 Å². The summed E-state index contributed by atoms with van der Waals surface area (Å²) in [6.07, 6.45) is 2.49. The summed E-state index contributed by atoms with van der Waals surface area (Å²) in [6, 6.07) is 5.18. The average molecular weight is 316 g/mol. The molecule has 0 spiro atoms. The van der Waals surface area contributed by atoms with Crippen molar-refractivity contribution in [2.24, 2.45) is 5.41 Å². The summed E-state index contributed by atoms with van der Waals surface area (Å²) in [5.74, 6) is -1.58. The minimum Gasteiger partial charge on any atom is -0.478 e. The summed E-state index contributed by atoms with van der Waals surface area (Å²) >= 11 is 0. The van der Waals surface area contributed by atoms with E-state index < -0.39 is 11.4 Å². The number of carbonyl (C=O) groups excluding carboxylic acids is 2. The van der Waals surface area contributed by atoms with E-state index >= 15 is 0 Å². The van der Waals surface area contributed by atoms with Gasteiger partial charge in [0.05, 0.1) is 11.4 Å². The molecule has 0 aromatic heterocycles. The smallest absolute Gasteiger partial charge is 0.328 e. The first-order chi connectivity index (χ1) is 10.7. The lowest BCUT2D eigenvalue weighted by Crippen LogP contribution is -2.47. The largest absolute Gasteiger partial charge is 0.478 e. The van der Waals surface area contributed by atoms with Crippen molar-refractivity contribution in [2.45, 2.75) is 20.8 Å². The number of aliphatic carboxylic acids is 1. The highest BCUT2D eigenvalue weighted by atomic mass is 16.4. The lowest BCUT2D eigenvalue weighted by Gasteiger charge is -2.27. The van der Waals surface area contributed by atoms with E-state index in [2.05, 4.69) is 0 Å². The molecule has 6 heteroatoms. The molecular formula is C17H20N2O4. The SMILES string of the molecule is CCN1C(=O)C(C)(C)C(=O)N(C)c2cc(C=CC(=O)O)ccc21. The highest BCUT2D eigenvalue weighted by Crippen LogP contribution is 2.38. The number of hydrogen-bond acceptors (Lipinski definition) is 3. The van der Waals surface area contributed by atoms with Crippen LogP contribution in [0, 0.1) is 5.41 Å². The van der Waals surface area contributed by atoms with Gasteiger partial charge in [-0.2, -0.15) is 0 Å². The number of hydrogen-bond donors (Lipinski definition) is 1. The Hall–Kier alpha value is -2.63.